The summed E-state index contributed by atoms with van der Waals surface area (Å²) in [6, 6.07) is 27.1. The first-order chi connectivity index (χ1) is 16.2. The molecule has 1 unspecified atom stereocenters. The monoisotopic (exact) mass is 442 g/mol. The lowest BCUT2D eigenvalue weighted by Crippen LogP contribution is -2.55. The van der Waals surface area contributed by atoms with Crippen LogP contribution in [0, 0.1) is 0 Å². The second-order valence-corrected chi connectivity index (χ2v) is 8.27. The van der Waals surface area contributed by atoms with E-state index in [0.717, 1.165) is 11.1 Å². The van der Waals surface area contributed by atoms with Crippen molar-refractivity contribution in [3.8, 4) is 11.5 Å². The van der Waals surface area contributed by atoms with Gasteiger partial charge >= 0.3 is 0 Å². The zero-order valence-corrected chi connectivity index (χ0v) is 18.3. The third-order valence-corrected chi connectivity index (χ3v) is 6.20. The molecule has 6 heteroatoms. The quantitative estimate of drug-likeness (QED) is 0.622. The molecule has 0 radical (unpaired) electrons. The van der Waals surface area contributed by atoms with Crippen LogP contribution in [0.4, 0.5) is 0 Å². The summed E-state index contributed by atoms with van der Waals surface area (Å²) >= 11 is 0. The van der Waals surface area contributed by atoms with E-state index in [0.29, 0.717) is 37.7 Å². The van der Waals surface area contributed by atoms with Crippen LogP contribution < -0.4 is 9.47 Å². The van der Waals surface area contributed by atoms with E-state index in [1.165, 1.54) is 0 Å². The van der Waals surface area contributed by atoms with Gasteiger partial charge in [-0.15, -0.1) is 0 Å². The minimum absolute atomic E-state index is 0.0608. The van der Waals surface area contributed by atoms with Gasteiger partial charge in [0, 0.05) is 26.2 Å². The van der Waals surface area contributed by atoms with E-state index in [4.69, 9.17) is 9.47 Å². The second kappa shape index (κ2) is 9.36. The van der Waals surface area contributed by atoms with Crippen LogP contribution in [-0.2, 0) is 9.59 Å². The van der Waals surface area contributed by atoms with Crippen molar-refractivity contribution in [1.29, 1.82) is 0 Å². The normalized spacial score (nSPS) is 17.7. The molecule has 0 bridgehead atoms. The average molecular weight is 443 g/mol. The van der Waals surface area contributed by atoms with Crippen molar-refractivity contribution in [3.05, 3.63) is 96.1 Å². The molecular formula is C27H26N2O4. The number of hydrogen-bond donors (Lipinski definition) is 0. The molecule has 3 aromatic rings. The number of rotatable bonds is 4. The molecule has 1 atom stereocenters. The van der Waals surface area contributed by atoms with E-state index in [1.807, 2.05) is 83.8 Å². The fourth-order valence-electron chi connectivity index (χ4n) is 4.44. The predicted molar refractivity (Wildman–Crippen MR) is 124 cm³/mol. The van der Waals surface area contributed by atoms with E-state index in [1.54, 1.807) is 11.0 Å². The summed E-state index contributed by atoms with van der Waals surface area (Å²) < 4.78 is 11.6. The number of carbonyl (C=O) groups excluding carboxylic acids is 2. The highest BCUT2D eigenvalue weighted by atomic mass is 16.6. The molecule has 1 saturated heterocycles. The van der Waals surface area contributed by atoms with Gasteiger partial charge in [-0.25, -0.2) is 0 Å². The third-order valence-electron chi connectivity index (χ3n) is 6.20. The van der Waals surface area contributed by atoms with Crippen molar-refractivity contribution in [2.45, 2.75) is 12.0 Å². The standard InChI is InChI=1S/C27H26N2O4/c30-26(24-19-32-22-13-7-8-14-23(22)33-24)28-15-17-29(18-16-28)27(31)25(20-9-3-1-4-10-20)21-11-5-2-6-12-21/h1-14,24-25H,15-19H2. The van der Waals surface area contributed by atoms with Gasteiger partial charge in [-0.1, -0.05) is 72.8 Å². The fourth-order valence-corrected chi connectivity index (χ4v) is 4.44. The Bertz CT molecular complexity index is 1070. The molecule has 2 aliphatic rings. The summed E-state index contributed by atoms with van der Waals surface area (Å²) in [5.41, 5.74) is 1.94. The zero-order chi connectivity index (χ0) is 22.6. The molecule has 3 aromatic carbocycles. The van der Waals surface area contributed by atoms with Crippen LogP contribution in [0.5, 0.6) is 11.5 Å². The van der Waals surface area contributed by atoms with Crippen molar-refractivity contribution >= 4 is 11.8 Å². The van der Waals surface area contributed by atoms with Gasteiger partial charge in [0.2, 0.25) is 12.0 Å². The second-order valence-electron chi connectivity index (χ2n) is 8.27. The van der Waals surface area contributed by atoms with Gasteiger partial charge in [0.1, 0.15) is 6.61 Å². The van der Waals surface area contributed by atoms with E-state index in [-0.39, 0.29) is 24.3 Å². The van der Waals surface area contributed by atoms with Crippen LogP contribution in [0.1, 0.15) is 17.0 Å². The number of ether oxygens (including phenoxy) is 2. The lowest BCUT2D eigenvalue weighted by atomic mass is 9.90. The predicted octanol–water partition coefficient (Wildman–Crippen LogP) is 3.33. The van der Waals surface area contributed by atoms with Crippen LogP contribution in [0.3, 0.4) is 0 Å². The van der Waals surface area contributed by atoms with E-state index >= 15 is 0 Å². The number of fused-ring (bicyclic) bond motifs is 1. The molecule has 6 nitrogen and oxygen atoms in total. The maximum absolute atomic E-state index is 13.6. The van der Waals surface area contributed by atoms with Crippen LogP contribution >= 0.6 is 0 Å². The van der Waals surface area contributed by atoms with Crippen LogP contribution in [0.25, 0.3) is 0 Å². The van der Waals surface area contributed by atoms with Gasteiger partial charge in [0.05, 0.1) is 5.92 Å². The Balaban J connectivity index is 1.25. The Hall–Kier alpha value is -3.80. The largest absolute Gasteiger partial charge is 0.485 e. The van der Waals surface area contributed by atoms with Crippen LogP contribution in [-0.4, -0.2) is 60.5 Å². The molecule has 2 amide bonds. The Kier molecular flexibility index (Phi) is 5.98. The highest BCUT2D eigenvalue weighted by Gasteiger charge is 2.35. The van der Waals surface area contributed by atoms with Gasteiger partial charge in [0.25, 0.3) is 5.91 Å². The molecular weight excluding hydrogens is 416 g/mol. The first-order valence-corrected chi connectivity index (χ1v) is 11.3. The van der Waals surface area contributed by atoms with Gasteiger partial charge in [0.15, 0.2) is 11.5 Å². The van der Waals surface area contributed by atoms with E-state index in [9.17, 15) is 9.59 Å². The third kappa shape index (κ3) is 4.42. The molecule has 0 aromatic heterocycles. The number of piperazine rings is 1. The first-order valence-electron chi connectivity index (χ1n) is 11.3. The molecule has 1 fully saturated rings. The van der Waals surface area contributed by atoms with E-state index in [2.05, 4.69) is 0 Å². The minimum atomic E-state index is -0.663. The van der Waals surface area contributed by atoms with Crippen molar-refractivity contribution in [3.63, 3.8) is 0 Å². The Morgan fingerprint density at radius 3 is 1.82 bits per heavy atom. The van der Waals surface area contributed by atoms with Crippen LogP contribution in [0.2, 0.25) is 0 Å². The molecule has 0 aliphatic carbocycles. The van der Waals surface area contributed by atoms with Gasteiger partial charge in [-0.05, 0) is 23.3 Å². The average Bonchev–Trinajstić information content (AvgIpc) is 2.89. The number of benzene rings is 3. The summed E-state index contributed by atoms with van der Waals surface area (Å²) in [4.78, 5) is 30.3. The molecule has 0 spiro atoms. The molecule has 0 N–H and O–H groups in total. The maximum Gasteiger partial charge on any atom is 0.267 e. The highest BCUT2D eigenvalue weighted by molar-refractivity contribution is 5.88. The highest BCUT2D eigenvalue weighted by Crippen LogP contribution is 2.32. The number of carbonyl (C=O) groups is 2. The summed E-state index contributed by atoms with van der Waals surface area (Å²) in [7, 11) is 0. The lowest BCUT2D eigenvalue weighted by molar-refractivity contribution is -0.146. The summed E-state index contributed by atoms with van der Waals surface area (Å²) in [6.07, 6.45) is -0.663. The number of hydrogen-bond acceptors (Lipinski definition) is 4. The smallest absolute Gasteiger partial charge is 0.267 e. The van der Waals surface area contributed by atoms with Crippen molar-refractivity contribution in [1.82, 2.24) is 9.80 Å². The molecule has 2 aliphatic heterocycles. The summed E-state index contributed by atoms with van der Waals surface area (Å²) in [5.74, 6) is 0.848. The van der Waals surface area contributed by atoms with Crippen molar-refractivity contribution < 1.29 is 19.1 Å². The Morgan fingerprint density at radius 2 is 1.21 bits per heavy atom. The molecule has 5 rings (SSSR count). The summed E-state index contributed by atoms with van der Waals surface area (Å²) in [6.45, 7) is 2.12. The number of para-hydroxylation sites is 2. The SMILES string of the molecule is O=C(C1COc2ccccc2O1)N1CCN(C(=O)C(c2ccccc2)c2ccccc2)CC1. The molecule has 168 valence electrons. The van der Waals surface area contributed by atoms with Crippen molar-refractivity contribution in [2.24, 2.45) is 0 Å². The van der Waals surface area contributed by atoms with Gasteiger partial charge < -0.3 is 19.3 Å². The van der Waals surface area contributed by atoms with Crippen molar-refractivity contribution in [2.75, 3.05) is 32.8 Å². The zero-order valence-electron chi connectivity index (χ0n) is 18.3. The molecule has 33 heavy (non-hydrogen) atoms. The molecule has 0 saturated carbocycles. The Labute approximate surface area is 193 Å². The van der Waals surface area contributed by atoms with Gasteiger partial charge in [-0.3, -0.25) is 9.59 Å². The van der Waals surface area contributed by atoms with Crippen LogP contribution in [0.15, 0.2) is 84.9 Å². The van der Waals surface area contributed by atoms with E-state index < -0.39 is 6.10 Å². The first kappa shape index (κ1) is 21.1. The Morgan fingerprint density at radius 1 is 0.697 bits per heavy atom. The molecule has 2 heterocycles. The number of nitrogens with zero attached hydrogens (tertiary/aromatic N) is 2. The fraction of sp³-hybridized carbons (Fsp3) is 0.259. The topological polar surface area (TPSA) is 59.1 Å². The summed E-state index contributed by atoms with van der Waals surface area (Å²) in [5, 5.41) is 0. The number of amides is 2. The maximum atomic E-state index is 13.6. The minimum Gasteiger partial charge on any atom is -0.485 e. The van der Waals surface area contributed by atoms with Gasteiger partial charge in [-0.2, -0.15) is 0 Å². The lowest BCUT2D eigenvalue weighted by Gasteiger charge is -2.38.